The van der Waals surface area contributed by atoms with Crippen molar-refractivity contribution >= 4 is 11.4 Å². The van der Waals surface area contributed by atoms with E-state index in [1.807, 2.05) is 0 Å². The molecule has 0 radical (unpaired) electrons. The highest BCUT2D eigenvalue weighted by Gasteiger charge is 2.65. The predicted octanol–water partition coefficient (Wildman–Crippen LogP) is 3.87. The van der Waals surface area contributed by atoms with Gasteiger partial charge >= 0.3 is 23.7 Å². The van der Waals surface area contributed by atoms with Crippen LogP contribution in [0.25, 0.3) is 0 Å². The molecule has 1 aromatic carbocycles. The average molecular weight is 360 g/mol. The second kappa shape index (κ2) is 4.89. The summed E-state index contributed by atoms with van der Waals surface area (Å²) < 4.78 is 107. The zero-order valence-electron chi connectivity index (χ0n) is 12.1. The number of anilines is 2. The Morgan fingerprint density at radius 1 is 0.542 bits per heavy atom. The van der Waals surface area contributed by atoms with E-state index in [0.29, 0.717) is 9.80 Å². The summed E-state index contributed by atoms with van der Waals surface area (Å²) in [7, 11) is 0. The molecule has 0 N–H and O–H groups in total. The molecule has 0 saturated carbocycles. The van der Waals surface area contributed by atoms with E-state index in [-0.39, 0.29) is 11.4 Å². The van der Waals surface area contributed by atoms with E-state index in [4.69, 9.17) is 0 Å². The molecule has 0 unspecified atom stereocenters. The third kappa shape index (κ3) is 2.46. The number of hydrogen-bond acceptors (Lipinski definition) is 2. The molecule has 0 amide bonds. The second-order valence-electron chi connectivity index (χ2n) is 6.02. The normalized spacial score (nSPS) is 26.8. The topological polar surface area (TPSA) is 6.48 Å². The summed E-state index contributed by atoms with van der Waals surface area (Å²) in [5.74, 6) is -17.2. The fourth-order valence-electron chi connectivity index (χ4n) is 2.87. The highest BCUT2D eigenvalue weighted by molar-refractivity contribution is 5.73. The van der Waals surface area contributed by atoms with Crippen LogP contribution in [0, 0.1) is 0 Å². The molecule has 10 heteroatoms. The second-order valence-corrected chi connectivity index (χ2v) is 6.02. The number of halogens is 8. The first-order valence-corrected chi connectivity index (χ1v) is 6.97. The highest BCUT2D eigenvalue weighted by Crippen LogP contribution is 2.47. The van der Waals surface area contributed by atoms with Crippen LogP contribution in [0.3, 0.4) is 0 Å². The molecule has 0 bridgehead atoms. The Morgan fingerprint density at radius 2 is 0.792 bits per heavy atom. The Kier molecular flexibility index (Phi) is 3.48. The first-order valence-electron chi connectivity index (χ1n) is 6.97. The van der Waals surface area contributed by atoms with Crippen LogP contribution in [0.15, 0.2) is 24.3 Å². The van der Waals surface area contributed by atoms with Gasteiger partial charge in [-0.15, -0.1) is 0 Å². The Labute approximate surface area is 131 Å². The number of hydrogen-bond donors (Lipinski definition) is 0. The van der Waals surface area contributed by atoms with E-state index >= 15 is 0 Å². The molecule has 3 rings (SSSR count). The van der Waals surface area contributed by atoms with E-state index in [9.17, 15) is 35.1 Å². The fraction of sp³-hybridized carbons (Fsp3) is 0.571. The molecule has 2 heterocycles. The monoisotopic (exact) mass is 360 g/mol. The van der Waals surface area contributed by atoms with E-state index in [2.05, 4.69) is 0 Å². The number of benzene rings is 1. The van der Waals surface area contributed by atoms with Crippen LogP contribution in [0.5, 0.6) is 0 Å². The van der Waals surface area contributed by atoms with Gasteiger partial charge in [-0.25, -0.2) is 0 Å². The van der Waals surface area contributed by atoms with Crippen molar-refractivity contribution in [3.05, 3.63) is 24.3 Å². The molecule has 2 saturated heterocycles. The summed E-state index contributed by atoms with van der Waals surface area (Å²) in [6, 6.07) is 5.00. The first kappa shape index (κ1) is 17.1. The molecule has 1 aromatic rings. The van der Waals surface area contributed by atoms with Crippen LogP contribution >= 0.6 is 0 Å². The molecule has 0 aromatic heterocycles. The lowest BCUT2D eigenvalue weighted by atomic mass is 10.2. The van der Waals surface area contributed by atoms with Crippen LogP contribution in [-0.4, -0.2) is 49.9 Å². The van der Waals surface area contributed by atoms with Gasteiger partial charge in [0.25, 0.3) is 0 Å². The van der Waals surface area contributed by atoms with Crippen molar-refractivity contribution in [2.45, 2.75) is 23.7 Å². The zero-order chi connectivity index (χ0) is 18.0. The molecular weight excluding hydrogens is 348 g/mol. The Hall–Kier alpha value is -1.74. The smallest absolute Gasteiger partial charge is 0.329 e. The zero-order valence-corrected chi connectivity index (χ0v) is 12.1. The van der Waals surface area contributed by atoms with Gasteiger partial charge in [0.05, 0.1) is 37.6 Å². The summed E-state index contributed by atoms with van der Waals surface area (Å²) in [6.45, 7) is -5.29. The maximum atomic E-state index is 13.4. The minimum Gasteiger partial charge on any atom is -0.357 e. The van der Waals surface area contributed by atoms with Crippen LogP contribution < -0.4 is 9.80 Å². The largest absolute Gasteiger partial charge is 0.357 e. The molecular formula is C14H12F8N2. The molecule has 0 aliphatic carbocycles. The first-order chi connectivity index (χ1) is 10.9. The summed E-state index contributed by atoms with van der Waals surface area (Å²) in [6.07, 6.45) is 0. The van der Waals surface area contributed by atoms with Crippen LogP contribution in [0.4, 0.5) is 46.5 Å². The van der Waals surface area contributed by atoms with Crippen molar-refractivity contribution in [1.29, 1.82) is 0 Å². The lowest BCUT2D eigenvalue weighted by molar-refractivity contribution is -0.172. The summed E-state index contributed by atoms with van der Waals surface area (Å²) >= 11 is 0. The van der Waals surface area contributed by atoms with Crippen molar-refractivity contribution in [1.82, 2.24) is 0 Å². The number of para-hydroxylation sites is 2. The van der Waals surface area contributed by atoms with E-state index in [1.54, 1.807) is 0 Å². The minimum atomic E-state index is -4.29. The van der Waals surface area contributed by atoms with Crippen molar-refractivity contribution in [3.8, 4) is 0 Å². The van der Waals surface area contributed by atoms with Gasteiger partial charge < -0.3 is 9.80 Å². The van der Waals surface area contributed by atoms with E-state index in [0.717, 1.165) is 0 Å². The van der Waals surface area contributed by atoms with Gasteiger partial charge in [-0.1, -0.05) is 12.1 Å². The summed E-state index contributed by atoms with van der Waals surface area (Å²) in [5, 5.41) is 0. The van der Waals surface area contributed by atoms with Crippen LogP contribution in [-0.2, 0) is 0 Å². The molecule has 2 nitrogen and oxygen atoms in total. The molecule has 2 aliphatic rings. The minimum absolute atomic E-state index is 0.206. The predicted molar refractivity (Wildman–Crippen MR) is 70.7 cm³/mol. The number of alkyl halides is 8. The molecule has 2 aliphatic heterocycles. The average Bonchev–Trinajstić information content (AvgIpc) is 2.79. The maximum absolute atomic E-state index is 13.4. The fourth-order valence-corrected chi connectivity index (χ4v) is 2.87. The lowest BCUT2D eigenvalue weighted by Crippen LogP contribution is -2.38. The summed E-state index contributed by atoms with van der Waals surface area (Å²) in [5.41, 5.74) is -0.411. The molecule has 0 spiro atoms. The van der Waals surface area contributed by atoms with Crippen molar-refractivity contribution < 1.29 is 35.1 Å². The third-order valence-corrected chi connectivity index (χ3v) is 4.19. The lowest BCUT2D eigenvalue weighted by Gasteiger charge is -2.26. The van der Waals surface area contributed by atoms with E-state index in [1.165, 1.54) is 24.3 Å². The van der Waals surface area contributed by atoms with E-state index < -0.39 is 49.9 Å². The maximum Gasteiger partial charge on any atom is 0.329 e. The highest BCUT2D eigenvalue weighted by atomic mass is 19.3. The van der Waals surface area contributed by atoms with Crippen molar-refractivity contribution in [2.75, 3.05) is 36.0 Å². The Bertz CT molecular complexity index is 558. The third-order valence-electron chi connectivity index (χ3n) is 4.19. The van der Waals surface area contributed by atoms with Crippen LogP contribution in [0.1, 0.15) is 0 Å². The van der Waals surface area contributed by atoms with Gasteiger partial charge in [-0.3, -0.25) is 0 Å². The van der Waals surface area contributed by atoms with Crippen molar-refractivity contribution in [2.24, 2.45) is 0 Å². The van der Waals surface area contributed by atoms with Gasteiger partial charge in [0.15, 0.2) is 0 Å². The SMILES string of the molecule is FC1(F)CN(c2ccccc2N2CC(F)(F)C(F)(F)C2)CC1(F)F. The van der Waals surface area contributed by atoms with Gasteiger partial charge in [0.1, 0.15) is 0 Å². The summed E-state index contributed by atoms with van der Waals surface area (Å²) in [4.78, 5) is 1.26. The van der Waals surface area contributed by atoms with Gasteiger partial charge in [0.2, 0.25) is 0 Å². The Morgan fingerprint density at radius 3 is 1.04 bits per heavy atom. The molecule has 134 valence electrons. The van der Waals surface area contributed by atoms with Gasteiger partial charge in [-0.2, -0.15) is 35.1 Å². The molecule has 2 fully saturated rings. The molecule has 24 heavy (non-hydrogen) atoms. The number of nitrogens with zero attached hydrogens (tertiary/aromatic N) is 2. The van der Waals surface area contributed by atoms with Gasteiger partial charge in [0, 0.05) is 0 Å². The van der Waals surface area contributed by atoms with Crippen LogP contribution in [0.2, 0.25) is 0 Å². The quantitative estimate of drug-likeness (QED) is 0.739. The van der Waals surface area contributed by atoms with Gasteiger partial charge in [-0.05, 0) is 12.1 Å². The number of rotatable bonds is 2. The standard InChI is InChI=1S/C14H12F8N2/c15-11(16)5-23(6-12(11,17)18)9-3-1-2-4-10(9)24-7-13(19,20)14(21,22)8-24/h1-4H,5-8H2. The molecule has 0 atom stereocenters. The Balaban J connectivity index is 1.94. The van der Waals surface area contributed by atoms with Crippen molar-refractivity contribution in [3.63, 3.8) is 0 Å².